The van der Waals surface area contributed by atoms with Crippen LogP contribution in [0, 0.1) is 0 Å². The molecule has 0 unspecified atom stereocenters. The highest BCUT2D eigenvalue weighted by Gasteiger charge is 2.24. The van der Waals surface area contributed by atoms with E-state index in [4.69, 9.17) is 21.1 Å². The fraction of sp³-hybridized carbons (Fsp3) is 0.238. The number of hydrogen-bond donors (Lipinski definition) is 1. The predicted octanol–water partition coefficient (Wildman–Crippen LogP) is 6.18. The number of benzene rings is 2. The summed E-state index contributed by atoms with van der Waals surface area (Å²) >= 11 is 11.1. The number of carbonyl (C=O) groups excluding carboxylic acids is 1. The highest BCUT2D eigenvalue weighted by atomic mass is 79.9. The largest absolute Gasteiger partial charge is 0.493 e. The van der Waals surface area contributed by atoms with Gasteiger partial charge in [-0.15, -0.1) is 0 Å². The number of rotatable bonds is 6. The minimum Gasteiger partial charge on any atom is -0.493 e. The predicted molar refractivity (Wildman–Crippen MR) is 123 cm³/mol. The molecule has 0 saturated carbocycles. The molecule has 5 nitrogen and oxygen atoms in total. The number of methoxy groups -OCH3 is 1. The minimum atomic E-state index is -0.208. The van der Waals surface area contributed by atoms with Crippen LogP contribution in [-0.4, -0.2) is 24.3 Å². The van der Waals surface area contributed by atoms with Crippen LogP contribution in [-0.2, 0) is 4.79 Å². The van der Waals surface area contributed by atoms with Crippen molar-refractivity contribution in [1.82, 2.24) is 5.32 Å². The van der Waals surface area contributed by atoms with Gasteiger partial charge in [0.2, 0.25) is 0 Å². The van der Waals surface area contributed by atoms with Gasteiger partial charge in [0.25, 0.3) is 5.91 Å². The number of amidine groups is 1. The second-order valence-corrected chi connectivity index (χ2v) is 8.68. The summed E-state index contributed by atoms with van der Waals surface area (Å²) in [6.45, 7) is 4.00. The smallest absolute Gasteiger partial charge is 0.264 e. The van der Waals surface area contributed by atoms with Crippen molar-refractivity contribution in [3.05, 3.63) is 56.4 Å². The van der Waals surface area contributed by atoms with Gasteiger partial charge in [-0.3, -0.25) is 4.79 Å². The Kier molecular flexibility index (Phi) is 7.27. The monoisotopic (exact) mass is 494 g/mol. The first-order valence-corrected chi connectivity index (χ1v) is 11.0. The number of carbonyl (C=O) groups is 1. The molecule has 152 valence electrons. The lowest BCUT2D eigenvalue weighted by molar-refractivity contribution is -0.115. The van der Waals surface area contributed by atoms with Crippen molar-refractivity contribution in [3.63, 3.8) is 0 Å². The third-order valence-electron chi connectivity index (χ3n) is 4.15. The number of nitrogens with zero attached hydrogens (tertiary/aromatic N) is 1. The van der Waals surface area contributed by atoms with Crippen LogP contribution in [0.1, 0.15) is 25.8 Å². The molecule has 29 heavy (non-hydrogen) atoms. The molecule has 1 N–H and O–H groups in total. The minimum absolute atomic E-state index is 0.0131. The lowest BCUT2D eigenvalue weighted by atomic mass is 10.1. The number of aliphatic imine (C=N–C) groups is 1. The third-order valence-corrected chi connectivity index (χ3v) is 5.87. The summed E-state index contributed by atoms with van der Waals surface area (Å²) in [6.07, 6.45) is 2.62. The van der Waals surface area contributed by atoms with Crippen LogP contribution in [0.5, 0.6) is 11.5 Å². The van der Waals surface area contributed by atoms with E-state index in [-0.39, 0.29) is 12.0 Å². The molecule has 1 fully saturated rings. The molecule has 0 spiro atoms. The average molecular weight is 496 g/mol. The first kappa shape index (κ1) is 21.7. The molecule has 1 aliphatic rings. The maximum absolute atomic E-state index is 12.3. The second kappa shape index (κ2) is 9.69. The van der Waals surface area contributed by atoms with Gasteiger partial charge in [0.05, 0.1) is 28.8 Å². The number of hydrogen-bond acceptors (Lipinski definition) is 5. The van der Waals surface area contributed by atoms with Gasteiger partial charge >= 0.3 is 0 Å². The molecule has 2 aromatic carbocycles. The Hall–Kier alpha value is -1.96. The molecule has 1 saturated heterocycles. The molecule has 0 aliphatic carbocycles. The van der Waals surface area contributed by atoms with Crippen LogP contribution in [0.25, 0.3) is 6.08 Å². The summed E-state index contributed by atoms with van der Waals surface area (Å²) in [4.78, 5) is 17.3. The van der Waals surface area contributed by atoms with Gasteiger partial charge in [0, 0.05) is 4.47 Å². The van der Waals surface area contributed by atoms with E-state index in [1.54, 1.807) is 25.3 Å². The van der Waals surface area contributed by atoms with E-state index in [1.807, 2.05) is 38.1 Å². The fourth-order valence-electron chi connectivity index (χ4n) is 2.49. The lowest BCUT2D eigenvalue weighted by Crippen LogP contribution is -2.19. The van der Waals surface area contributed by atoms with Gasteiger partial charge in [0.1, 0.15) is 0 Å². The van der Waals surface area contributed by atoms with Crippen LogP contribution in [0.4, 0.5) is 5.69 Å². The summed E-state index contributed by atoms with van der Waals surface area (Å²) in [5.74, 6) is 0.823. The van der Waals surface area contributed by atoms with E-state index >= 15 is 0 Å². The number of nitrogens with one attached hydrogen (secondary N) is 1. The topological polar surface area (TPSA) is 59.9 Å². The van der Waals surface area contributed by atoms with Gasteiger partial charge < -0.3 is 14.8 Å². The number of ether oxygens (including phenoxy) is 2. The molecule has 0 aromatic heterocycles. The van der Waals surface area contributed by atoms with Crippen LogP contribution in [0.2, 0.25) is 5.02 Å². The van der Waals surface area contributed by atoms with Crippen molar-refractivity contribution in [2.45, 2.75) is 26.4 Å². The Labute approximate surface area is 187 Å². The Morgan fingerprint density at radius 3 is 2.69 bits per heavy atom. The van der Waals surface area contributed by atoms with Crippen LogP contribution in [0.3, 0.4) is 0 Å². The zero-order valence-electron chi connectivity index (χ0n) is 16.2. The summed E-state index contributed by atoms with van der Waals surface area (Å²) < 4.78 is 12.3. The van der Waals surface area contributed by atoms with Crippen molar-refractivity contribution >= 4 is 62.1 Å². The zero-order valence-corrected chi connectivity index (χ0v) is 19.3. The standard InChI is InChI=1S/C21H20BrClN2O3S/c1-4-12(2)28-19-16(23)9-13(10-17(19)27-3)11-18-20(26)25-21(29-18)24-15-7-5-14(22)6-8-15/h5-12H,4H2,1-3H3,(H,24,25,26)/b18-11-/t12-/m1/s1. The Morgan fingerprint density at radius 2 is 2.03 bits per heavy atom. The molecular weight excluding hydrogens is 476 g/mol. The molecule has 0 bridgehead atoms. The molecule has 1 amide bonds. The molecule has 1 heterocycles. The van der Waals surface area contributed by atoms with E-state index in [9.17, 15) is 4.79 Å². The number of halogens is 2. The Morgan fingerprint density at radius 1 is 1.31 bits per heavy atom. The highest BCUT2D eigenvalue weighted by Crippen LogP contribution is 2.39. The van der Waals surface area contributed by atoms with Crippen molar-refractivity contribution in [2.24, 2.45) is 4.99 Å². The van der Waals surface area contributed by atoms with Crippen LogP contribution >= 0.6 is 39.3 Å². The molecule has 0 radical (unpaired) electrons. The quantitative estimate of drug-likeness (QED) is 0.486. The average Bonchev–Trinajstić information content (AvgIpc) is 3.04. The zero-order chi connectivity index (χ0) is 21.0. The summed E-state index contributed by atoms with van der Waals surface area (Å²) in [5.41, 5.74) is 1.50. The molecule has 1 aliphatic heterocycles. The number of amides is 1. The van der Waals surface area contributed by atoms with E-state index in [0.717, 1.165) is 22.1 Å². The van der Waals surface area contributed by atoms with Crippen molar-refractivity contribution in [2.75, 3.05) is 7.11 Å². The van der Waals surface area contributed by atoms with Crippen molar-refractivity contribution in [3.8, 4) is 11.5 Å². The van der Waals surface area contributed by atoms with E-state index in [2.05, 4.69) is 26.2 Å². The fourth-order valence-corrected chi connectivity index (χ4v) is 3.86. The van der Waals surface area contributed by atoms with Gasteiger partial charge in [0.15, 0.2) is 16.7 Å². The van der Waals surface area contributed by atoms with Crippen molar-refractivity contribution < 1.29 is 14.3 Å². The molecule has 8 heteroatoms. The Balaban J connectivity index is 1.85. The lowest BCUT2D eigenvalue weighted by Gasteiger charge is -2.17. The van der Waals surface area contributed by atoms with E-state index in [0.29, 0.717) is 26.6 Å². The third kappa shape index (κ3) is 5.56. The SMILES string of the molecule is CC[C@@H](C)Oc1c(Cl)cc(/C=C2\SC(=Nc3ccc(Br)cc3)NC2=O)cc1OC. The first-order valence-electron chi connectivity index (χ1n) is 8.99. The van der Waals surface area contributed by atoms with Gasteiger partial charge in [-0.25, -0.2) is 4.99 Å². The van der Waals surface area contributed by atoms with Gasteiger partial charge in [-0.2, -0.15) is 0 Å². The second-order valence-electron chi connectivity index (χ2n) is 6.33. The molecular formula is C21H20BrClN2O3S. The van der Waals surface area contributed by atoms with E-state index < -0.39 is 0 Å². The maximum Gasteiger partial charge on any atom is 0.264 e. The number of thioether (sulfide) groups is 1. The summed E-state index contributed by atoms with van der Waals surface area (Å²) in [5, 5.41) is 3.74. The summed E-state index contributed by atoms with van der Waals surface area (Å²) in [6, 6.07) is 11.1. The van der Waals surface area contributed by atoms with Crippen LogP contribution in [0.15, 0.2) is 50.8 Å². The Bertz CT molecular complexity index is 977. The normalized spacial score (nSPS) is 17.5. The van der Waals surface area contributed by atoms with E-state index in [1.165, 1.54) is 11.8 Å². The first-order chi connectivity index (χ1) is 13.9. The summed E-state index contributed by atoms with van der Waals surface area (Å²) in [7, 11) is 1.56. The molecule has 3 rings (SSSR count). The van der Waals surface area contributed by atoms with Gasteiger partial charge in [-0.1, -0.05) is 34.5 Å². The van der Waals surface area contributed by atoms with Crippen LogP contribution < -0.4 is 14.8 Å². The van der Waals surface area contributed by atoms with Gasteiger partial charge in [-0.05, 0) is 73.1 Å². The maximum atomic E-state index is 12.3. The van der Waals surface area contributed by atoms with Crippen molar-refractivity contribution in [1.29, 1.82) is 0 Å². The highest BCUT2D eigenvalue weighted by molar-refractivity contribution is 9.10. The molecule has 2 aromatic rings. The molecule has 1 atom stereocenters.